The molecule has 3 nitrogen and oxygen atoms in total. The van der Waals surface area contributed by atoms with Gasteiger partial charge in [0, 0.05) is 55.1 Å². The average molecular weight is 879 g/mol. The maximum atomic E-state index is 6.95. The molecule has 0 radical (unpaired) electrons. The van der Waals surface area contributed by atoms with Crippen LogP contribution < -0.4 is 4.90 Å². The lowest BCUT2D eigenvalue weighted by Gasteiger charge is -2.28. The molecule has 14 aromatic rings. The van der Waals surface area contributed by atoms with E-state index in [1.165, 1.54) is 59.9 Å². The molecule has 2 aromatic heterocycles. The van der Waals surface area contributed by atoms with Crippen LogP contribution in [-0.4, -0.2) is 4.57 Å². The minimum atomic E-state index is 0.883. The van der Waals surface area contributed by atoms with Gasteiger partial charge in [0.2, 0.25) is 0 Å². The molecule has 0 aliphatic heterocycles. The maximum Gasteiger partial charge on any atom is 0.143 e. The molecule has 0 spiro atoms. The molecular formula is C66H42N2O. The number of nitrogens with zero attached hydrogens (tertiary/aromatic N) is 2. The Morgan fingerprint density at radius 3 is 1.51 bits per heavy atom. The van der Waals surface area contributed by atoms with Crippen molar-refractivity contribution in [2.24, 2.45) is 0 Å². The van der Waals surface area contributed by atoms with Crippen LogP contribution >= 0.6 is 0 Å². The number of fused-ring (bicyclic) bond motifs is 11. The molecule has 0 saturated carbocycles. The van der Waals surface area contributed by atoms with E-state index in [2.05, 4.69) is 264 Å². The Bertz CT molecular complexity index is 4260. The van der Waals surface area contributed by atoms with Crippen LogP contribution in [0.4, 0.5) is 17.1 Å². The number of para-hydroxylation sites is 4. The quantitative estimate of drug-likeness (QED) is 0.149. The molecule has 0 amide bonds. The summed E-state index contributed by atoms with van der Waals surface area (Å²) in [6.07, 6.45) is 0. The molecule has 12 aromatic carbocycles. The predicted molar refractivity (Wildman–Crippen MR) is 292 cm³/mol. The molecule has 0 aliphatic carbocycles. The molecule has 69 heavy (non-hydrogen) atoms. The zero-order valence-corrected chi connectivity index (χ0v) is 37.6. The number of aromatic nitrogens is 1. The van der Waals surface area contributed by atoms with E-state index in [9.17, 15) is 0 Å². The minimum absolute atomic E-state index is 0.883. The fraction of sp³-hybridized carbons (Fsp3) is 0. The van der Waals surface area contributed by atoms with E-state index in [0.29, 0.717) is 0 Å². The third-order valence-electron chi connectivity index (χ3n) is 14.2. The normalized spacial score (nSPS) is 11.8. The van der Waals surface area contributed by atoms with E-state index < -0.39 is 0 Å². The van der Waals surface area contributed by atoms with Crippen molar-refractivity contribution in [2.45, 2.75) is 0 Å². The second kappa shape index (κ2) is 15.7. The topological polar surface area (TPSA) is 21.3 Å². The van der Waals surface area contributed by atoms with E-state index in [0.717, 1.165) is 72.3 Å². The Morgan fingerprint density at radius 2 is 0.783 bits per heavy atom. The Hall–Kier alpha value is -9.18. The monoisotopic (exact) mass is 878 g/mol. The smallest absolute Gasteiger partial charge is 0.143 e. The summed E-state index contributed by atoms with van der Waals surface area (Å²) in [5.74, 6) is 0. The zero-order valence-electron chi connectivity index (χ0n) is 37.6. The van der Waals surface area contributed by atoms with Crippen LogP contribution in [0.1, 0.15) is 0 Å². The molecule has 3 heteroatoms. The summed E-state index contributed by atoms with van der Waals surface area (Å²) < 4.78 is 9.33. The van der Waals surface area contributed by atoms with Gasteiger partial charge in [-0.2, -0.15) is 0 Å². The fourth-order valence-corrected chi connectivity index (χ4v) is 10.9. The van der Waals surface area contributed by atoms with Crippen LogP contribution in [0, 0.1) is 0 Å². The molecular weight excluding hydrogens is 837 g/mol. The molecule has 0 fully saturated rings. The lowest BCUT2D eigenvalue weighted by Crippen LogP contribution is -2.11. The van der Waals surface area contributed by atoms with Gasteiger partial charge in [0.25, 0.3) is 0 Å². The Kier molecular flexibility index (Phi) is 8.90. The number of hydrogen-bond acceptors (Lipinski definition) is 2. The van der Waals surface area contributed by atoms with E-state index in [-0.39, 0.29) is 0 Å². The molecule has 0 bridgehead atoms. The van der Waals surface area contributed by atoms with Gasteiger partial charge in [0.05, 0.1) is 16.7 Å². The van der Waals surface area contributed by atoms with Gasteiger partial charge in [-0.1, -0.05) is 188 Å². The number of hydrogen-bond donors (Lipinski definition) is 0. The molecule has 2 heterocycles. The first kappa shape index (κ1) is 39.0. The van der Waals surface area contributed by atoms with Gasteiger partial charge in [-0.15, -0.1) is 0 Å². The van der Waals surface area contributed by atoms with Crippen LogP contribution in [-0.2, 0) is 0 Å². The highest BCUT2D eigenvalue weighted by molar-refractivity contribution is 6.18. The summed E-state index contributed by atoms with van der Waals surface area (Å²) in [6, 6.07) is 92.4. The molecule has 0 atom stereocenters. The zero-order chi connectivity index (χ0) is 45.4. The van der Waals surface area contributed by atoms with Crippen molar-refractivity contribution in [3.8, 4) is 39.1 Å². The first-order valence-corrected chi connectivity index (χ1v) is 23.7. The molecule has 0 aliphatic rings. The van der Waals surface area contributed by atoms with Crippen LogP contribution in [0.5, 0.6) is 0 Å². The van der Waals surface area contributed by atoms with Crippen LogP contribution in [0.3, 0.4) is 0 Å². The lowest BCUT2D eigenvalue weighted by molar-refractivity contribution is 0.674. The van der Waals surface area contributed by atoms with Crippen molar-refractivity contribution >= 4 is 93.1 Å². The summed E-state index contributed by atoms with van der Waals surface area (Å²) in [7, 11) is 0. The van der Waals surface area contributed by atoms with Crippen molar-refractivity contribution in [1.29, 1.82) is 0 Å². The predicted octanol–water partition coefficient (Wildman–Crippen LogP) is 18.6. The molecule has 322 valence electrons. The van der Waals surface area contributed by atoms with Crippen LogP contribution in [0.25, 0.3) is 115 Å². The molecule has 14 rings (SSSR count). The highest BCUT2D eigenvalue weighted by Gasteiger charge is 2.22. The summed E-state index contributed by atoms with van der Waals surface area (Å²) in [4.78, 5) is 2.39. The Morgan fingerprint density at radius 1 is 0.290 bits per heavy atom. The van der Waals surface area contributed by atoms with Crippen molar-refractivity contribution in [3.05, 3.63) is 255 Å². The Labute approximate surface area is 399 Å². The fourth-order valence-electron chi connectivity index (χ4n) is 10.9. The highest BCUT2D eigenvalue weighted by Crippen LogP contribution is 2.46. The number of rotatable bonds is 7. The van der Waals surface area contributed by atoms with Crippen molar-refractivity contribution < 1.29 is 4.42 Å². The summed E-state index contributed by atoms with van der Waals surface area (Å²) in [6.45, 7) is 0. The van der Waals surface area contributed by atoms with Crippen molar-refractivity contribution in [1.82, 2.24) is 4.57 Å². The summed E-state index contributed by atoms with van der Waals surface area (Å²) >= 11 is 0. The van der Waals surface area contributed by atoms with Gasteiger partial charge in [0.15, 0.2) is 0 Å². The largest absolute Gasteiger partial charge is 0.455 e. The molecule has 0 unspecified atom stereocenters. The standard InChI is InChI=1S/C66H42N2O/c1-3-17-53-45(13-1)27-28-47-29-30-49(42-61(47)53)44-33-38-51(39-34-44)67(62-24-8-7-21-57(62)58-22-12-23-59-60-40-35-46-14-2-4-18-54(46)65(60)69-66(58)59)50-36-31-43(32-37-50)48-15-11-16-52(41-48)68-63-25-9-5-19-55(63)56-20-6-10-26-64(56)68/h1-42H. The van der Waals surface area contributed by atoms with E-state index in [1.807, 2.05) is 0 Å². The number of furan rings is 1. The second-order valence-electron chi connectivity index (χ2n) is 18.0. The van der Waals surface area contributed by atoms with E-state index in [4.69, 9.17) is 4.42 Å². The average Bonchev–Trinajstić information content (AvgIpc) is 3.98. The highest BCUT2D eigenvalue weighted by atomic mass is 16.3. The summed E-state index contributed by atoms with van der Waals surface area (Å²) in [5, 5.41) is 12.0. The van der Waals surface area contributed by atoms with Crippen molar-refractivity contribution in [3.63, 3.8) is 0 Å². The Balaban J connectivity index is 0.904. The van der Waals surface area contributed by atoms with E-state index in [1.54, 1.807) is 0 Å². The van der Waals surface area contributed by atoms with Crippen LogP contribution in [0.15, 0.2) is 259 Å². The molecule has 0 N–H and O–H groups in total. The lowest BCUT2D eigenvalue weighted by atomic mass is 9.96. The SMILES string of the molecule is c1cc(-c2ccc(N(c3ccc(-c4ccc5ccc6ccccc6c5c4)cc3)c3ccccc3-c3cccc4c3oc3c5ccccc5ccc43)cc2)cc(-n2c3ccccc3c3ccccc32)c1. The van der Waals surface area contributed by atoms with Gasteiger partial charge in [-0.05, 0) is 116 Å². The molecule has 0 saturated heterocycles. The van der Waals surface area contributed by atoms with Gasteiger partial charge in [0.1, 0.15) is 11.2 Å². The van der Waals surface area contributed by atoms with Crippen molar-refractivity contribution in [2.75, 3.05) is 4.90 Å². The van der Waals surface area contributed by atoms with Gasteiger partial charge in [-0.25, -0.2) is 0 Å². The minimum Gasteiger partial charge on any atom is -0.455 e. The third-order valence-corrected chi connectivity index (χ3v) is 14.2. The van der Waals surface area contributed by atoms with E-state index >= 15 is 0 Å². The maximum absolute atomic E-state index is 6.95. The third kappa shape index (κ3) is 6.36. The summed E-state index contributed by atoms with van der Waals surface area (Å²) in [5.41, 5.74) is 15.3. The van der Waals surface area contributed by atoms with Gasteiger partial charge < -0.3 is 13.9 Å². The van der Waals surface area contributed by atoms with Crippen LogP contribution in [0.2, 0.25) is 0 Å². The van der Waals surface area contributed by atoms with Gasteiger partial charge in [-0.3, -0.25) is 0 Å². The van der Waals surface area contributed by atoms with Gasteiger partial charge >= 0.3 is 0 Å². The number of benzene rings is 12. The first-order chi connectivity index (χ1) is 34.2. The first-order valence-electron chi connectivity index (χ1n) is 23.7. The second-order valence-corrected chi connectivity index (χ2v) is 18.0. The number of anilines is 3.